The quantitative estimate of drug-likeness (QED) is 0.313. The molecule has 0 unspecified atom stereocenters. The standard InChI is InChI=1S/C26H26ClF3N2O4/c1-4-11-25(2,3)22(24(34)35)32-23(33)18-10-7-16-13-31-20(27)12-19(16)21(18)36-14-15-5-8-17(9-6-15)26(28,29)30/h5-10,12-13,22H,4,11,14H2,1-3H3,(H,32,33)(H,34,35)/t22-/m1/s1. The molecule has 0 radical (unpaired) electrons. The van der Waals surface area contributed by atoms with Gasteiger partial charge in [-0.25, -0.2) is 9.78 Å². The van der Waals surface area contributed by atoms with Gasteiger partial charge in [-0.1, -0.05) is 57.0 Å². The molecule has 192 valence electrons. The van der Waals surface area contributed by atoms with Crippen LogP contribution in [0.2, 0.25) is 5.15 Å². The summed E-state index contributed by atoms with van der Waals surface area (Å²) in [5, 5.41) is 13.6. The number of benzene rings is 2. The first-order valence-corrected chi connectivity index (χ1v) is 11.6. The van der Waals surface area contributed by atoms with Gasteiger partial charge in [-0.3, -0.25) is 4.79 Å². The molecule has 0 fully saturated rings. The molecule has 1 heterocycles. The smallest absolute Gasteiger partial charge is 0.416 e. The molecular formula is C26H26ClF3N2O4. The molecule has 2 aromatic carbocycles. The molecule has 6 nitrogen and oxygen atoms in total. The number of ether oxygens (including phenoxy) is 1. The van der Waals surface area contributed by atoms with Gasteiger partial charge in [0.25, 0.3) is 5.91 Å². The highest BCUT2D eigenvalue weighted by atomic mass is 35.5. The maximum Gasteiger partial charge on any atom is 0.416 e. The normalized spacial score (nSPS) is 12.9. The van der Waals surface area contributed by atoms with E-state index in [1.807, 2.05) is 6.92 Å². The first kappa shape index (κ1) is 27.3. The van der Waals surface area contributed by atoms with E-state index in [2.05, 4.69) is 10.3 Å². The summed E-state index contributed by atoms with van der Waals surface area (Å²) in [6.45, 7) is 5.32. The lowest BCUT2D eigenvalue weighted by molar-refractivity contribution is -0.142. The number of carbonyl (C=O) groups excluding carboxylic acids is 1. The van der Waals surface area contributed by atoms with Gasteiger partial charge in [0.05, 0.1) is 11.1 Å². The molecule has 36 heavy (non-hydrogen) atoms. The number of pyridine rings is 1. The number of fused-ring (bicyclic) bond motifs is 1. The average molecular weight is 523 g/mol. The SMILES string of the molecule is CCCC(C)(C)[C@H](NC(=O)c1ccc2cnc(Cl)cc2c1OCc1ccc(C(F)(F)F)cc1)C(=O)O. The summed E-state index contributed by atoms with van der Waals surface area (Å²) in [4.78, 5) is 29.3. The molecule has 1 atom stereocenters. The Labute approximate surface area is 211 Å². The number of alkyl halides is 3. The zero-order valence-electron chi connectivity index (χ0n) is 19.9. The van der Waals surface area contributed by atoms with E-state index in [1.54, 1.807) is 19.9 Å². The van der Waals surface area contributed by atoms with Gasteiger partial charge in [0.2, 0.25) is 0 Å². The van der Waals surface area contributed by atoms with Crippen molar-refractivity contribution in [2.24, 2.45) is 5.41 Å². The van der Waals surface area contributed by atoms with Crippen molar-refractivity contribution < 1.29 is 32.6 Å². The van der Waals surface area contributed by atoms with Crippen molar-refractivity contribution in [3.8, 4) is 5.75 Å². The van der Waals surface area contributed by atoms with E-state index >= 15 is 0 Å². The van der Waals surface area contributed by atoms with E-state index in [0.29, 0.717) is 22.8 Å². The minimum Gasteiger partial charge on any atom is -0.487 e. The van der Waals surface area contributed by atoms with Gasteiger partial charge in [-0.05, 0) is 41.7 Å². The van der Waals surface area contributed by atoms with E-state index in [4.69, 9.17) is 16.3 Å². The lowest BCUT2D eigenvalue weighted by Crippen LogP contribution is -2.50. The van der Waals surface area contributed by atoms with Crippen LogP contribution in [0.3, 0.4) is 0 Å². The van der Waals surface area contributed by atoms with Crippen LogP contribution in [0.25, 0.3) is 10.8 Å². The Hall–Kier alpha value is -3.33. The second-order valence-electron chi connectivity index (χ2n) is 9.14. The van der Waals surface area contributed by atoms with E-state index in [0.717, 1.165) is 18.6 Å². The molecule has 10 heteroatoms. The predicted octanol–water partition coefficient (Wildman–Crippen LogP) is 6.50. The number of aliphatic carboxylic acids is 1. The second kappa shape index (κ2) is 10.7. The Bertz CT molecular complexity index is 1260. The highest BCUT2D eigenvalue weighted by molar-refractivity contribution is 6.30. The summed E-state index contributed by atoms with van der Waals surface area (Å²) in [5.74, 6) is -1.71. The molecule has 0 spiro atoms. The number of halogens is 4. The van der Waals surface area contributed by atoms with Crippen molar-refractivity contribution in [3.63, 3.8) is 0 Å². The van der Waals surface area contributed by atoms with Gasteiger partial charge in [0.1, 0.15) is 23.6 Å². The third-order valence-corrected chi connectivity index (χ3v) is 6.13. The summed E-state index contributed by atoms with van der Waals surface area (Å²) >= 11 is 6.07. The highest BCUT2D eigenvalue weighted by Gasteiger charge is 2.36. The predicted molar refractivity (Wildman–Crippen MR) is 130 cm³/mol. The number of amides is 1. The molecule has 3 aromatic rings. The number of aromatic nitrogens is 1. The van der Waals surface area contributed by atoms with Gasteiger partial charge in [0.15, 0.2) is 0 Å². The summed E-state index contributed by atoms with van der Waals surface area (Å²) in [7, 11) is 0. The molecule has 2 N–H and O–H groups in total. The van der Waals surface area contributed by atoms with Crippen LogP contribution < -0.4 is 10.1 Å². The van der Waals surface area contributed by atoms with E-state index in [1.165, 1.54) is 30.5 Å². The fourth-order valence-corrected chi connectivity index (χ4v) is 4.19. The number of carboxylic acids is 1. The maximum atomic E-state index is 13.3. The van der Waals surface area contributed by atoms with Crippen LogP contribution in [0.5, 0.6) is 5.75 Å². The minimum absolute atomic E-state index is 0.0650. The molecule has 0 aliphatic heterocycles. The van der Waals surface area contributed by atoms with Gasteiger partial charge in [-0.2, -0.15) is 13.2 Å². The largest absolute Gasteiger partial charge is 0.487 e. The third-order valence-electron chi connectivity index (χ3n) is 5.93. The second-order valence-corrected chi connectivity index (χ2v) is 9.52. The number of nitrogens with zero attached hydrogens (tertiary/aromatic N) is 1. The number of hydrogen-bond donors (Lipinski definition) is 2. The van der Waals surface area contributed by atoms with E-state index in [9.17, 15) is 27.9 Å². The Morgan fingerprint density at radius 3 is 2.39 bits per heavy atom. The summed E-state index contributed by atoms with van der Waals surface area (Å²) in [5.41, 5.74) is -1.00. The number of carboxylic acid groups (broad SMARTS) is 1. The van der Waals surface area contributed by atoms with Crippen LogP contribution in [0.1, 0.15) is 55.1 Å². The number of nitrogens with one attached hydrogen (secondary N) is 1. The van der Waals surface area contributed by atoms with Gasteiger partial charge in [0, 0.05) is 17.0 Å². The Balaban J connectivity index is 1.97. The van der Waals surface area contributed by atoms with Crippen molar-refractivity contribution in [2.75, 3.05) is 0 Å². The van der Waals surface area contributed by atoms with Gasteiger partial charge >= 0.3 is 12.1 Å². The van der Waals surface area contributed by atoms with Crippen LogP contribution in [0, 0.1) is 5.41 Å². The average Bonchev–Trinajstić information content (AvgIpc) is 2.80. The fraction of sp³-hybridized carbons (Fsp3) is 0.346. The number of hydrogen-bond acceptors (Lipinski definition) is 4. The van der Waals surface area contributed by atoms with Crippen LogP contribution in [-0.2, 0) is 17.6 Å². The van der Waals surface area contributed by atoms with Crippen molar-refractivity contribution in [3.05, 3.63) is 70.5 Å². The lowest BCUT2D eigenvalue weighted by Gasteiger charge is -2.32. The lowest BCUT2D eigenvalue weighted by atomic mass is 9.80. The first-order chi connectivity index (χ1) is 16.8. The molecule has 1 aromatic heterocycles. The Morgan fingerprint density at radius 2 is 1.81 bits per heavy atom. The number of carbonyl (C=O) groups is 2. The zero-order valence-corrected chi connectivity index (χ0v) is 20.7. The molecule has 3 rings (SSSR count). The summed E-state index contributed by atoms with van der Waals surface area (Å²) < 4.78 is 44.6. The van der Waals surface area contributed by atoms with Gasteiger partial charge < -0.3 is 15.2 Å². The molecule has 0 saturated carbocycles. The van der Waals surface area contributed by atoms with Gasteiger partial charge in [-0.15, -0.1) is 0 Å². The Kier molecular flexibility index (Phi) is 8.13. The van der Waals surface area contributed by atoms with Crippen molar-refractivity contribution in [1.82, 2.24) is 10.3 Å². The van der Waals surface area contributed by atoms with Crippen LogP contribution >= 0.6 is 11.6 Å². The third kappa shape index (κ3) is 6.26. The topological polar surface area (TPSA) is 88.5 Å². The van der Waals surface area contributed by atoms with E-state index in [-0.39, 0.29) is 23.1 Å². The molecule has 0 aliphatic carbocycles. The molecule has 0 aliphatic rings. The summed E-state index contributed by atoms with van der Waals surface area (Å²) in [6, 6.07) is 7.93. The number of rotatable bonds is 9. The highest BCUT2D eigenvalue weighted by Crippen LogP contribution is 2.34. The molecule has 0 saturated heterocycles. The summed E-state index contributed by atoms with van der Waals surface area (Å²) in [6.07, 6.45) is -1.67. The van der Waals surface area contributed by atoms with Crippen LogP contribution in [0.4, 0.5) is 13.2 Å². The fourth-order valence-electron chi connectivity index (χ4n) is 4.03. The Morgan fingerprint density at radius 1 is 1.14 bits per heavy atom. The van der Waals surface area contributed by atoms with Crippen molar-refractivity contribution in [2.45, 2.75) is 52.4 Å². The van der Waals surface area contributed by atoms with E-state index < -0.39 is 35.1 Å². The van der Waals surface area contributed by atoms with Crippen LogP contribution in [0.15, 0.2) is 48.7 Å². The maximum absolute atomic E-state index is 13.3. The molecule has 1 amide bonds. The monoisotopic (exact) mass is 522 g/mol. The molecule has 0 bridgehead atoms. The van der Waals surface area contributed by atoms with Crippen LogP contribution in [-0.4, -0.2) is 28.0 Å². The van der Waals surface area contributed by atoms with Crippen molar-refractivity contribution >= 4 is 34.2 Å². The first-order valence-electron chi connectivity index (χ1n) is 11.2. The minimum atomic E-state index is -4.46. The van der Waals surface area contributed by atoms with Crippen molar-refractivity contribution in [1.29, 1.82) is 0 Å². The molecular weight excluding hydrogens is 497 g/mol. The zero-order chi connectivity index (χ0) is 26.7.